The van der Waals surface area contributed by atoms with Crippen molar-refractivity contribution in [3.05, 3.63) is 127 Å². The number of hydrogen-bond acceptors (Lipinski definition) is 18. The maximum Gasteiger partial charge on any atom is 0.357 e. The highest BCUT2D eigenvalue weighted by molar-refractivity contribution is 7.92. The number of carboxylic acids is 1. The van der Waals surface area contributed by atoms with Gasteiger partial charge in [0.15, 0.2) is 32.9 Å². The number of benzene rings is 2. The first-order valence-electron chi connectivity index (χ1n) is 30.6. The van der Waals surface area contributed by atoms with Crippen LogP contribution < -0.4 is 14.9 Å². The first-order chi connectivity index (χ1) is 44.5. The number of rotatable bonds is 20. The Kier molecular flexibility index (Phi) is 19.6. The molecule has 8 aliphatic rings. The number of aromatic nitrogens is 4. The molecular weight excluding hydrogens is 1340 g/mol. The number of amides is 2. The van der Waals surface area contributed by atoms with E-state index in [0.29, 0.717) is 94.0 Å². The smallest absolute Gasteiger partial charge is 0.357 e. The molecule has 496 valence electrons. The Morgan fingerprint density at radius 3 is 1.42 bits per heavy atom. The van der Waals surface area contributed by atoms with Crippen LogP contribution in [0.4, 0.5) is 20.2 Å². The standard InChI is InChI=1S/C32H32Cl2FN3O7S.C25H20Cl2FN3O5.C6H13NO3S/c1-43-25-6-3-7-27(25)46(41,42)15-24(39)30-23(35)11-18(13-36-30)38-17-10-19(32(38)40)26(12-17)44-14-20-29(37-45-31(20)16-8-9-16)28-21(33)4-2-5-22(28)34;26-16-2-1-3-17(27)20(16)21-15(23(36-30-21)11-4-5-11)10-35-19-8-12-6-14(19)24(32)31(12)13-7-18(28)22(25(33)34)29-9-13;1-10-5-3-2-4-6(5)11(7,8)9/h2,4-5,11,13,16-17,19,25-27H,3,6-10,12,14-15H2,1H3;1-3,7,9,11-12,14,19H,4-6,8,10H2,(H,33,34);5-6H,2-4H2,1H3,(H2,7,8,9)/t17-,19+,25+,26+,27+;12-,14+,19+;5-,6-/m001/s1. The van der Waals surface area contributed by atoms with Gasteiger partial charge in [-0.05, 0) is 114 Å². The number of piperidine rings is 2. The number of aromatic carboxylic acids is 1. The molecule has 0 spiro atoms. The summed E-state index contributed by atoms with van der Waals surface area (Å²) in [7, 11) is -4.29. The van der Waals surface area contributed by atoms with Gasteiger partial charge in [-0.15, -0.1) is 0 Å². The van der Waals surface area contributed by atoms with Crippen LogP contribution in [0.25, 0.3) is 22.5 Å². The summed E-state index contributed by atoms with van der Waals surface area (Å²) in [6.45, 7) is 0.353. The predicted molar refractivity (Wildman–Crippen MR) is 336 cm³/mol. The van der Waals surface area contributed by atoms with Gasteiger partial charge in [-0.2, -0.15) is 0 Å². The number of methoxy groups -OCH3 is 2. The number of nitrogens with zero attached hydrogens (tertiary/aromatic N) is 6. The Labute approximate surface area is 554 Å². The quantitative estimate of drug-likeness (QED) is 0.0671. The third-order valence-corrected chi connectivity index (χ3v) is 23.7. The van der Waals surface area contributed by atoms with Crippen molar-refractivity contribution in [2.24, 2.45) is 17.0 Å². The van der Waals surface area contributed by atoms with Crippen molar-refractivity contribution in [3.63, 3.8) is 0 Å². The van der Waals surface area contributed by atoms with E-state index >= 15 is 4.39 Å². The molecule has 8 fully saturated rings. The number of Topliss-reactive ketones (excluding diaryl/α,β-unsaturated/α-hetero) is 1. The summed E-state index contributed by atoms with van der Waals surface area (Å²) in [6, 6.07) is 12.1. The minimum Gasteiger partial charge on any atom is -0.476 e. The number of carboxylic acid groups (broad SMARTS) is 1. The number of pyridine rings is 2. The Hall–Kier alpha value is -6.04. The lowest BCUT2D eigenvalue weighted by Crippen LogP contribution is -2.43. The summed E-state index contributed by atoms with van der Waals surface area (Å²) in [4.78, 5) is 61.2. The molecule has 3 N–H and O–H groups in total. The van der Waals surface area contributed by atoms with E-state index in [0.717, 1.165) is 73.3 Å². The monoisotopic (exact) mass is 1400 g/mol. The molecule has 0 unspecified atom stereocenters. The van der Waals surface area contributed by atoms with Crippen LogP contribution in [0.1, 0.15) is 145 Å². The molecule has 14 rings (SSSR count). The van der Waals surface area contributed by atoms with Crippen LogP contribution in [-0.4, -0.2) is 133 Å². The molecular formula is C63H65Cl4F2N7O15S2. The maximum absolute atomic E-state index is 15.2. The third-order valence-electron chi connectivity index (χ3n) is 18.9. The number of carbonyl (C=O) groups excluding carboxylic acids is 3. The fraction of sp³-hybridized carbons (Fsp3) is 0.492. The van der Waals surface area contributed by atoms with Crippen molar-refractivity contribution < 1.29 is 77.9 Å². The van der Waals surface area contributed by atoms with E-state index < -0.39 is 88.8 Å². The van der Waals surface area contributed by atoms with Gasteiger partial charge in [0.2, 0.25) is 21.8 Å². The number of sulfonamides is 1. The number of ketones is 1. The van der Waals surface area contributed by atoms with Crippen molar-refractivity contribution in [2.75, 3.05) is 29.8 Å². The number of anilines is 2. The Balaban J connectivity index is 0.000000157. The average molecular weight is 1400 g/mol. The van der Waals surface area contributed by atoms with E-state index in [9.17, 15) is 40.4 Å². The zero-order valence-corrected chi connectivity index (χ0v) is 54.9. The van der Waals surface area contributed by atoms with E-state index in [1.165, 1.54) is 36.4 Å². The van der Waals surface area contributed by atoms with Crippen LogP contribution >= 0.6 is 46.4 Å². The van der Waals surface area contributed by atoms with E-state index in [-0.39, 0.29) is 78.6 Å². The lowest BCUT2D eigenvalue weighted by molar-refractivity contribution is -0.127. The number of primary sulfonamides is 1. The van der Waals surface area contributed by atoms with Crippen molar-refractivity contribution in [2.45, 2.75) is 162 Å². The van der Waals surface area contributed by atoms with Crippen LogP contribution in [-0.2, 0) is 61.6 Å². The molecule has 2 saturated heterocycles. The number of fused-ring (bicyclic) bond motifs is 4. The van der Waals surface area contributed by atoms with E-state index in [2.05, 4.69) is 20.3 Å². The Bertz CT molecular complexity index is 4100. The normalized spacial score (nSPS) is 25.6. The average Bonchev–Trinajstić information content (AvgIpc) is 1.63. The largest absolute Gasteiger partial charge is 0.476 e. The zero-order chi connectivity index (χ0) is 65.9. The fourth-order valence-electron chi connectivity index (χ4n) is 14.1. The van der Waals surface area contributed by atoms with Gasteiger partial charge < -0.3 is 42.9 Å². The summed E-state index contributed by atoms with van der Waals surface area (Å²) in [5, 5.41) is 23.1. The first-order valence-corrected chi connectivity index (χ1v) is 35.4. The second-order valence-corrected chi connectivity index (χ2v) is 30.4. The Morgan fingerprint density at radius 1 is 0.624 bits per heavy atom. The van der Waals surface area contributed by atoms with Gasteiger partial charge in [0, 0.05) is 72.5 Å². The molecule has 6 aliphatic carbocycles. The van der Waals surface area contributed by atoms with E-state index in [4.69, 9.17) is 84.6 Å². The van der Waals surface area contributed by atoms with Crippen LogP contribution in [0.15, 0.2) is 70.0 Å². The highest BCUT2D eigenvalue weighted by Gasteiger charge is 2.54. The lowest BCUT2D eigenvalue weighted by atomic mass is 10.0. The summed E-state index contributed by atoms with van der Waals surface area (Å²) in [5.41, 5.74) is 3.01. The molecule has 10 atom stereocenters. The molecule has 30 heteroatoms. The molecule has 93 heavy (non-hydrogen) atoms. The molecule has 2 aromatic carbocycles. The number of ether oxygens (including phenoxy) is 4. The minimum atomic E-state index is -3.86. The zero-order valence-electron chi connectivity index (χ0n) is 50.2. The van der Waals surface area contributed by atoms with Crippen LogP contribution in [0.3, 0.4) is 0 Å². The summed E-state index contributed by atoms with van der Waals surface area (Å²) < 4.78 is 111. The number of hydrogen-bond donors (Lipinski definition) is 2. The van der Waals surface area contributed by atoms with Gasteiger partial charge in [-0.25, -0.2) is 45.5 Å². The van der Waals surface area contributed by atoms with Gasteiger partial charge >= 0.3 is 5.97 Å². The fourth-order valence-corrected chi connectivity index (χ4v) is 18.3. The summed E-state index contributed by atoms with van der Waals surface area (Å²) in [5.74, 6) is -4.41. The molecule has 2 amide bonds. The van der Waals surface area contributed by atoms with Crippen LogP contribution in [0.2, 0.25) is 20.1 Å². The topological polar surface area (TPSA) is 304 Å². The molecule has 0 radical (unpaired) electrons. The van der Waals surface area contributed by atoms with Gasteiger partial charge in [0.25, 0.3) is 0 Å². The lowest BCUT2D eigenvalue weighted by Gasteiger charge is -2.31. The van der Waals surface area contributed by atoms with Crippen molar-refractivity contribution in [3.8, 4) is 22.5 Å². The molecule has 6 saturated carbocycles. The van der Waals surface area contributed by atoms with Crippen LogP contribution in [0, 0.1) is 23.5 Å². The summed E-state index contributed by atoms with van der Waals surface area (Å²) in [6.07, 6.45) is 11.2. The molecule has 4 bridgehead atoms. The second kappa shape index (κ2) is 27.2. The van der Waals surface area contributed by atoms with E-state index in [1.807, 2.05) is 0 Å². The van der Waals surface area contributed by atoms with E-state index in [1.54, 1.807) is 36.4 Å². The van der Waals surface area contributed by atoms with Crippen molar-refractivity contribution in [1.29, 1.82) is 0 Å². The summed E-state index contributed by atoms with van der Waals surface area (Å²) >= 11 is 25.8. The first kappa shape index (κ1) is 67.0. The molecule has 22 nitrogen and oxygen atoms in total. The highest BCUT2D eigenvalue weighted by Crippen LogP contribution is 2.50. The maximum atomic E-state index is 15.2. The molecule has 6 heterocycles. The predicted octanol–water partition coefficient (Wildman–Crippen LogP) is 11.2. The van der Waals surface area contributed by atoms with Crippen LogP contribution in [0.5, 0.6) is 0 Å². The second-order valence-electron chi connectivity index (χ2n) is 24.7. The minimum absolute atomic E-state index is 0.162. The molecule has 2 aliphatic heterocycles. The van der Waals surface area contributed by atoms with Gasteiger partial charge in [0.05, 0.1) is 98.6 Å². The SMILES string of the molecule is CO[C@@H]1CCC[C@H]1S(=O)(=O)CC(=O)c1ncc(N2C(=O)[C@@H]3C[C@H]2C[C@H]3OCc2c(-c3c(Cl)cccc3Cl)noc2C2CC2)cc1F.CO[C@@H]1CCC[C@H]1S(N)(=O)=O.O=C(O)c1ncc(N2C(=O)[C@@H]3C[C@H]2C[C@H]3OCc2c(-c3c(Cl)cccc3Cl)noc2C2CC2)cc1F. The molecule has 6 aromatic rings. The number of nitrogens with two attached hydrogens (primary N) is 1. The van der Waals surface area contributed by atoms with Crippen molar-refractivity contribution >= 4 is 101 Å². The Morgan fingerprint density at radius 2 is 1.04 bits per heavy atom. The number of carbonyl (C=O) groups is 4. The van der Waals surface area contributed by atoms with Crippen molar-refractivity contribution in [1.82, 2.24) is 20.3 Å². The number of halogens is 6. The molecule has 4 aromatic heterocycles. The van der Waals surface area contributed by atoms with Gasteiger partial charge in [-0.3, -0.25) is 14.4 Å². The van der Waals surface area contributed by atoms with Gasteiger partial charge in [0.1, 0.15) is 39.6 Å². The number of sulfone groups is 1. The third kappa shape index (κ3) is 13.6. The van der Waals surface area contributed by atoms with Gasteiger partial charge in [-0.1, -0.05) is 68.8 Å². The highest BCUT2D eigenvalue weighted by atomic mass is 35.5.